The molecule has 3 aromatic carbocycles. The van der Waals surface area contributed by atoms with E-state index in [0.29, 0.717) is 30.0 Å². The highest BCUT2D eigenvalue weighted by Gasteiger charge is 2.27. The number of sulfonamides is 2. The van der Waals surface area contributed by atoms with E-state index in [2.05, 4.69) is 10.0 Å². The fraction of sp³-hybridized carbons (Fsp3) is 0.296. The van der Waals surface area contributed by atoms with E-state index in [1.807, 2.05) is 32.0 Å². The van der Waals surface area contributed by atoms with Crippen molar-refractivity contribution in [2.24, 2.45) is 0 Å². The monoisotopic (exact) mass is 541 g/mol. The summed E-state index contributed by atoms with van der Waals surface area (Å²) in [6.07, 6.45) is 2.66. The predicted octanol–water partition coefficient (Wildman–Crippen LogP) is 4.84. The zero-order valence-electron chi connectivity index (χ0n) is 21.1. The highest BCUT2D eigenvalue weighted by Crippen LogP contribution is 2.26. The van der Waals surface area contributed by atoms with Crippen molar-refractivity contribution in [3.8, 4) is 0 Å². The molecule has 10 heteroatoms. The average Bonchev–Trinajstić information content (AvgIpc) is 2.87. The number of carbonyl (C=O) groups is 1. The number of anilines is 2. The van der Waals surface area contributed by atoms with Gasteiger partial charge in [-0.15, -0.1) is 0 Å². The molecule has 0 radical (unpaired) electrons. The fourth-order valence-corrected chi connectivity index (χ4v) is 7.09. The number of nitrogens with zero attached hydrogens (tertiary/aromatic N) is 1. The Morgan fingerprint density at radius 3 is 1.97 bits per heavy atom. The van der Waals surface area contributed by atoms with E-state index in [4.69, 9.17) is 0 Å². The lowest BCUT2D eigenvalue weighted by molar-refractivity contribution is 0.102. The second-order valence-corrected chi connectivity index (χ2v) is 12.9. The number of aryl methyl sites for hydroxylation is 3. The predicted molar refractivity (Wildman–Crippen MR) is 145 cm³/mol. The first-order valence-corrected chi connectivity index (χ1v) is 15.0. The molecule has 8 nitrogen and oxygen atoms in total. The second kappa shape index (κ2) is 10.6. The molecule has 1 heterocycles. The summed E-state index contributed by atoms with van der Waals surface area (Å²) in [5, 5.41) is 2.74. The lowest BCUT2D eigenvalue weighted by Gasteiger charge is -2.26. The number of amides is 1. The minimum absolute atomic E-state index is 0.0546. The Balaban J connectivity index is 1.52. The molecule has 37 heavy (non-hydrogen) atoms. The molecule has 0 atom stereocenters. The van der Waals surface area contributed by atoms with Gasteiger partial charge in [0.1, 0.15) is 0 Å². The molecule has 0 bridgehead atoms. The van der Waals surface area contributed by atoms with Gasteiger partial charge in [0.05, 0.1) is 15.5 Å². The largest absolute Gasteiger partial charge is 0.322 e. The van der Waals surface area contributed by atoms with Crippen LogP contribution in [0.2, 0.25) is 0 Å². The van der Waals surface area contributed by atoms with Gasteiger partial charge < -0.3 is 5.32 Å². The quantitative estimate of drug-likeness (QED) is 0.445. The van der Waals surface area contributed by atoms with Gasteiger partial charge in [-0.2, -0.15) is 4.31 Å². The van der Waals surface area contributed by atoms with Crippen molar-refractivity contribution in [3.05, 3.63) is 82.9 Å². The summed E-state index contributed by atoms with van der Waals surface area (Å²) < 4.78 is 56.1. The Labute approximate surface area is 218 Å². The molecule has 3 aromatic rings. The Bertz CT molecular complexity index is 1510. The molecule has 0 spiro atoms. The standard InChI is InChI=1S/C27H31N3O5S2/c1-19-10-13-24(37(34,35)30-16-5-4-6-17-30)18-25(19)27(31)28-22-11-14-23(15-12-22)36(32,33)29-26-20(2)8-7-9-21(26)3/h7-15,18,29H,4-6,16-17H2,1-3H3,(H,28,31). The van der Waals surface area contributed by atoms with Crippen molar-refractivity contribution < 1.29 is 21.6 Å². The number of para-hydroxylation sites is 1. The van der Waals surface area contributed by atoms with Crippen molar-refractivity contribution in [2.45, 2.75) is 49.8 Å². The van der Waals surface area contributed by atoms with Crippen LogP contribution in [-0.2, 0) is 20.0 Å². The molecule has 0 unspecified atom stereocenters. The van der Waals surface area contributed by atoms with Crippen LogP contribution in [0.5, 0.6) is 0 Å². The first-order chi connectivity index (χ1) is 17.5. The van der Waals surface area contributed by atoms with Gasteiger partial charge in [0.15, 0.2) is 0 Å². The van der Waals surface area contributed by atoms with Gasteiger partial charge in [0.2, 0.25) is 10.0 Å². The maximum absolute atomic E-state index is 13.1. The van der Waals surface area contributed by atoms with Crippen molar-refractivity contribution in [3.63, 3.8) is 0 Å². The normalized spacial score (nSPS) is 14.8. The SMILES string of the molecule is Cc1ccc(S(=O)(=O)N2CCCCC2)cc1C(=O)Nc1ccc(S(=O)(=O)Nc2c(C)cccc2C)cc1. The van der Waals surface area contributed by atoms with Gasteiger partial charge >= 0.3 is 0 Å². The first kappa shape index (κ1) is 26.8. The lowest BCUT2D eigenvalue weighted by Crippen LogP contribution is -2.35. The van der Waals surface area contributed by atoms with E-state index >= 15 is 0 Å². The van der Waals surface area contributed by atoms with Crippen molar-refractivity contribution in [2.75, 3.05) is 23.1 Å². The fourth-order valence-electron chi connectivity index (χ4n) is 4.35. The highest BCUT2D eigenvalue weighted by molar-refractivity contribution is 7.92. The van der Waals surface area contributed by atoms with E-state index in [1.54, 1.807) is 13.0 Å². The topological polar surface area (TPSA) is 113 Å². The van der Waals surface area contributed by atoms with Crippen molar-refractivity contribution in [1.29, 1.82) is 0 Å². The van der Waals surface area contributed by atoms with Crippen LogP contribution in [0.4, 0.5) is 11.4 Å². The van der Waals surface area contributed by atoms with E-state index in [0.717, 1.165) is 30.4 Å². The minimum Gasteiger partial charge on any atom is -0.322 e. The van der Waals surface area contributed by atoms with Crippen LogP contribution in [0.25, 0.3) is 0 Å². The molecule has 4 rings (SSSR count). The number of piperidine rings is 1. The maximum atomic E-state index is 13.1. The molecule has 1 amide bonds. The van der Waals surface area contributed by atoms with Crippen LogP contribution in [0.3, 0.4) is 0 Å². The number of rotatable bonds is 7. The summed E-state index contributed by atoms with van der Waals surface area (Å²) >= 11 is 0. The number of hydrogen-bond donors (Lipinski definition) is 2. The summed E-state index contributed by atoms with van der Waals surface area (Å²) in [5.41, 5.74) is 3.42. The smallest absolute Gasteiger partial charge is 0.261 e. The molecule has 1 saturated heterocycles. The number of carbonyl (C=O) groups excluding carboxylic acids is 1. The molecule has 0 saturated carbocycles. The van der Waals surface area contributed by atoms with Crippen LogP contribution in [0.1, 0.15) is 46.3 Å². The summed E-state index contributed by atoms with van der Waals surface area (Å²) in [6, 6.07) is 15.9. The summed E-state index contributed by atoms with van der Waals surface area (Å²) in [4.78, 5) is 13.2. The van der Waals surface area contributed by atoms with E-state index in [-0.39, 0.29) is 15.4 Å². The lowest BCUT2D eigenvalue weighted by atomic mass is 10.1. The first-order valence-electron chi connectivity index (χ1n) is 12.1. The maximum Gasteiger partial charge on any atom is 0.261 e. The summed E-state index contributed by atoms with van der Waals surface area (Å²) in [7, 11) is -7.51. The van der Waals surface area contributed by atoms with Gasteiger partial charge in [-0.25, -0.2) is 16.8 Å². The number of hydrogen-bond acceptors (Lipinski definition) is 5. The Kier molecular flexibility index (Phi) is 7.72. The summed E-state index contributed by atoms with van der Waals surface area (Å²) in [6.45, 7) is 6.36. The molecule has 1 fully saturated rings. The Morgan fingerprint density at radius 2 is 1.35 bits per heavy atom. The molecule has 1 aliphatic rings. The Hall–Kier alpha value is -3.21. The van der Waals surface area contributed by atoms with Crippen LogP contribution in [-0.4, -0.2) is 40.1 Å². The zero-order chi connectivity index (χ0) is 26.8. The van der Waals surface area contributed by atoms with E-state index < -0.39 is 26.0 Å². The number of benzene rings is 3. The van der Waals surface area contributed by atoms with Crippen molar-refractivity contribution in [1.82, 2.24) is 4.31 Å². The highest BCUT2D eigenvalue weighted by atomic mass is 32.2. The molecule has 196 valence electrons. The zero-order valence-corrected chi connectivity index (χ0v) is 22.7. The van der Waals surface area contributed by atoms with Gasteiger partial charge in [-0.3, -0.25) is 9.52 Å². The van der Waals surface area contributed by atoms with Gasteiger partial charge in [-0.1, -0.05) is 30.7 Å². The van der Waals surface area contributed by atoms with Crippen LogP contribution in [0, 0.1) is 20.8 Å². The van der Waals surface area contributed by atoms with E-state index in [9.17, 15) is 21.6 Å². The number of nitrogens with one attached hydrogen (secondary N) is 2. The van der Waals surface area contributed by atoms with Crippen LogP contribution in [0.15, 0.2) is 70.5 Å². The van der Waals surface area contributed by atoms with Gasteiger partial charge in [0, 0.05) is 24.3 Å². The van der Waals surface area contributed by atoms with Gasteiger partial charge in [-0.05, 0) is 86.7 Å². The third-order valence-corrected chi connectivity index (χ3v) is 9.81. The van der Waals surface area contributed by atoms with Crippen LogP contribution < -0.4 is 10.0 Å². The van der Waals surface area contributed by atoms with Gasteiger partial charge in [0.25, 0.3) is 15.9 Å². The molecule has 0 aromatic heterocycles. The summed E-state index contributed by atoms with van der Waals surface area (Å²) in [5.74, 6) is -0.475. The second-order valence-electron chi connectivity index (χ2n) is 9.29. The third-order valence-electron chi connectivity index (χ3n) is 6.55. The van der Waals surface area contributed by atoms with Crippen LogP contribution >= 0.6 is 0 Å². The van der Waals surface area contributed by atoms with Crippen molar-refractivity contribution >= 4 is 37.3 Å². The third kappa shape index (κ3) is 5.87. The molecular weight excluding hydrogens is 510 g/mol. The molecule has 2 N–H and O–H groups in total. The van der Waals surface area contributed by atoms with E-state index in [1.165, 1.54) is 40.7 Å². The molecular formula is C27H31N3O5S2. The molecule has 1 aliphatic heterocycles. The minimum atomic E-state index is -3.83. The Morgan fingerprint density at radius 1 is 0.757 bits per heavy atom. The molecule has 0 aliphatic carbocycles. The average molecular weight is 542 g/mol.